The van der Waals surface area contributed by atoms with Crippen LogP contribution >= 0.6 is 23.2 Å². The summed E-state index contributed by atoms with van der Waals surface area (Å²) < 4.78 is 1.80. The van der Waals surface area contributed by atoms with E-state index in [9.17, 15) is 9.59 Å². The molecule has 0 atom stereocenters. The zero-order valence-electron chi connectivity index (χ0n) is 15.4. The number of amides is 2. The van der Waals surface area contributed by atoms with Gasteiger partial charge in [-0.25, -0.2) is 4.68 Å². The van der Waals surface area contributed by atoms with Crippen molar-refractivity contribution in [2.24, 2.45) is 0 Å². The van der Waals surface area contributed by atoms with Crippen LogP contribution in [0, 0.1) is 0 Å². The van der Waals surface area contributed by atoms with Gasteiger partial charge in [-0.05, 0) is 30.5 Å². The number of hydrogen-bond donors (Lipinski definition) is 0. The first kappa shape index (κ1) is 19.2. The van der Waals surface area contributed by atoms with Gasteiger partial charge in [0.1, 0.15) is 5.69 Å². The number of aryl methyl sites for hydroxylation is 1. The van der Waals surface area contributed by atoms with Crippen molar-refractivity contribution in [3.05, 3.63) is 45.7 Å². The highest BCUT2D eigenvalue weighted by molar-refractivity contribution is 6.42. The van der Waals surface area contributed by atoms with Crippen LogP contribution in [0.5, 0.6) is 0 Å². The highest BCUT2D eigenvalue weighted by Crippen LogP contribution is 2.25. The molecular weight excluding hydrogens is 401 g/mol. The van der Waals surface area contributed by atoms with Gasteiger partial charge in [-0.2, -0.15) is 0 Å². The largest absolute Gasteiger partial charge is 0.338 e. The second kappa shape index (κ2) is 8.09. The molecule has 0 bridgehead atoms. The quantitative estimate of drug-likeness (QED) is 0.718. The number of benzene rings is 1. The number of rotatable bonds is 6. The predicted octanol–water partition coefficient (Wildman–Crippen LogP) is 2.72. The van der Waals surface area contributed by atoms with Crippen molar-refractivity contribution in [1.29, 1.82) is 0 Å². The van der Waals surface area contributed by atoms with Gasteiger partial charge in [-0.1, -0.05) is 34.5 Å². The van der Waals surface area contributed by atoms with Crippen LogP contribution in [0.4, 0.5) is 0 Å². The fourth-order valence-electron chi connectivity index (χ4n) is 3.56. The molecule has 2 saturated heterocycles. The number of carbonyl (C=O) groups excluding carboxylic acids is 2. The fourth-order valence-corrected chi connectivity index (χ4v) is 3.88. The molecule has 7 nitrogen and oxygen atoms in total. The molecular formula is C19H21Cl2N5O2. The van der Waals surface area contributed by atoms with Gasteiger partial charge in [0.2, 0.25) is 11.8 Å². The lowest BCUT2D eigenvalue weighted by Crippen LogP contribution is -2.51. The van der Waals surface area contributed by atoms with E-state index in [1.807, 2.05) is 22.1 Å². The first-order chi connectivity index (χ1) is 13.5. The lowest BCUT2D eigenvalue weighted by atomic mass is 10.1. The number of nitrogens with zero attached hydrogens (tertiary/aromatic N) is 5. The van der Waals surface area contributed by atoms with E-state index < -0.39 is 0 Å². The highest BCUT2D eigenvalue weighted by Gasteiger charge is 2.32. The lowest BCUT2D eigenvalue weighted by Gasteiger charge is -2.39. The standard InChI is InChI=1S/C19H21Cl2N5O2/c20-16-5-3-13(8-17(16)21)4-6-19(28)25-11-15(12-25)26-10-14(22-23-26)9-24-7-1-2-18(24)27/h3,5,8,10,15H,1-2,4,6-7,9,11-12H2. The van der Waals surface area contributed by atoms with E-state index in [0.29, 0.717) is 48.9 Å². The normalized spacial score (nSPS) is 17.3. The Labute approximate surface area is 173 Å². The van der Waals surface area contributed by atoms with Gasteiger partial charge < -0.3 is 9.80 Å². The Morgan fingerprint density at radius 2 is 2.04 bits per heavy atom. The van der Waals surface area contributed by atoms with Crippen molar-refractivity contribution in [1.82, 2.24) is 24.8 Å². The molecule has 2 fully saturated rings. The number of carbonyl (C=O) groups is 2. The van der Waals surface area contributed by atoms with Crippen LogP contribution in [0.2, 0.25) is 10.0 Å². The molecule has 4 rings (SSSR count). The average molecular weight is 422 g/mol. The van der Waals surface area contributed by atoms with Crippen LogP contribution in [-0.4, -0.2) is 56.2 Å². The minimum Gasteiger partial charge on any atom is -0.338 e. The first-order valence-electron chi connectivity index (χ1n) is 9.40. The summed E-state index contributed by atoms with van der Waals surface area (Å²) in [5.41, 5.74) is 1.79. The molecule has 0 radical (unpaired) electrons. The Balaban J connectivity index is 1.24. The van der Waals surface area contributed by atoms with E-state index in [-0.39, 0.29) is 17.9 Å². The maximum absolute atomic E-state index is 12.4. The summed E-state index contributed by atoms with van der Waals surface area (Å²) in [5, 5.41) is 9.37. The average Bonchev–Trinajstić information content (AvgIpc) is 3.25. The van der Waals surface area contributed by atoms with Crippen molar-refractivity contribution in [2.75, 3.05) is 19.6 Å². The van der Waals surface area contributed by atoms with E-state index in [4.69, 9.17) is 23.2 Å². The summed E-state index contributed by atoms with van der Waals surface area (Å²) in [4.78, 5) is 27.7. The molecule has 2 aliphatic heterocycles. The zero-order chi connectivity index (χ0) is 19.7. The molecule has 0 N–H and O–H groups in total. The van der Waals surface area contributed by atoms with Gasteiger partial charge in [0.05, 0.1) is 28.8 Å². The van der Waals surface area contributed by atoms with Crippen LogP contribution in [0.25, 0.3) is 0 Å². The molecule has 0 aliphatic carbocycles. The Hall–Kier alpha value is -2.12. The molecule has 2 amide bonds. The van der Waals surface area contributed by atoms with E-state index in [0.717, 1.165) is 24.2 Å². The second-order valence-electron chi connectivity index (χ2n) is 7.31. The van der Waals surface area contributed by atoms with Crippen molar-refractivity contribution < 1.29 is 9.59 Å². The van der Waals surface area contributed by atoms with Gasteiger partial charge in [0.25, 0.3) is 0 Å². The third-order valence-corrected chi connectivity index (χ3v) is 6.02. The summed E-state index contributed by atoms with van der Waals surface area (Å²) in [7, 11) is 0. The molecule has 28 heavy (non-hydrogen) atoms. The Kier molecular flexibility index (Phi) is 5.55. The van der Waals surface area contributed by atoms with E-state index in [1.54, 1.807) is 16.8 Å². The summed E-state index contributed by atoms with van der Waals surface area (Å²) in [6.07, 6.45) is 4.48. The zero-order valence-corrected chi connectivity index (χ0v) is 16.9. The highest BCUT2D eigenvalue weighted by atomic mass is 35.5. The van der Waals surface area contributed by atoms with Crippen molar-refractivity contribution in [3.8, 4) is 0 Å². The Morgan fingerprint density at radius 1 is 1.21 bits per heavy atom. The molecule has 2 aliphatic rings. The fraction of sp³-hybridized carbons (Fsp3) is 0.474. The third kappa shape index (κ3) is 4.15. The smallest absolute Gasteiger partial charge is 0.223 e. The van der Waals surface area contributed by atoms with Crippen LogP contribution in [-0.2, 0) is 22.6 Å². The minimum absolute atomic E-state index is 0.116. The van der Waals surface area contributed by atoms with Gasteiger partial charge in [-0.15, -0.1) is 5.10 Å². The molecule has 148 valence electrons. The summed E-state index contributed by atoms with van der Waals surface area (Å²) in [5.74, 6) is 0.294. The molecule has 1 aromatic carbocycles. The molecule has 2 aromatic rings. The van der Waals surface area contributed by atoms with Crippen LogP contribution in [0.1, 0.15) is 36.6 Å². The molecule has 1 aromatic heterocycles. The SMILES string of the molecule is O=C1CCCN1Cc1cn(C2CN(C(=O)CCc3ccc(Cl)c(Cl)c3)C2)nn1. The number of likely N-dealkylation sites (tertiary alicyclic amines) is 2. The molecule has 3 heterocycles. The van der Waals surface area contributed by atoms with Crippen LogP contribution in [0.3, 0.4) is 0 Å². The lowest BCUT2D eigenvalue weighted by molar-refractivity contribution is -0.137. The summed E-state index contributed by atoms with van der Waals surface area (Å²) >= 11 is 11.9. The topological polar surface area (TPSA) is 71.3 Å². The van der Waals surface area contributed by atoms with Gasteiger partial charge >= 0.3 is 0 Å². The maximum atomic E-state index is 12.4. The number of halogens is 2. The third-order valence-electron chi connectivity index (χ3n) is 5.28. The Morgan fingerprint density at radius 3 is 2.75 bits per heavy atom. The first-order valence-corrected chi connectivity index (χ1v) is 10.2. The van der Waals surface area contributed by atoms with Crippen molar-refractivity contribution in [2.45, 2.75) is 38.3 Å². The molecule has 0 spiro atoms. The second-order valence-corrected chi connectivity index (χ2v) is 8.12. The van der Waals surface area contributed by atoms with Gasteiger partial charge in [-0.3, -0.25) is 9.59 Å². The minimum atomic E-state index is 0.116. The van der Waals surface area contributed by atoms with E-state index in [2.05, 4.69) is 10.3 Å². The van der Waals surface area contributed by atoms with Crippen LogP contribution in [0.15, 0.2) is 24.4 Å². The summed E-state index contributed by atoms with van der Waals surface area (Å²) in [6.45, 7) is 2.56. The Bertz CT molecular complexity index is 894. The van der Waals surface area contributed by atoms with Crippen molar-refractivity contribution >= 4 is 35.0 Å². The van der Waals surface area contributed by atoms with Crippen molar-refractivity contribution in [3.63, 3.8) is 0 Å². The van der Waals surface area contributed by atoms with Gasteiger partial charge in [0.15, 0.2) is 0 Å². The maximum Gasteiger partial charge on any atom is 0.223 e. The monoisotopic (exact) mass is 421 g/mol. The number of aromatic nitrogens is 3. The predicted molar refractivity (Wildman–Crippen MR) is 105 cm³/mol. The molecule has 9 heteroatoms. The van der Waals surface area contributed by atoms with Crippen LogP contribution < -0.4 is 0 Å². The van der Waals surface area contributed by atoms with Gasteiger partial charge in [0, 0.05) is 32.5 Å². The van der Waals surface area contributed by atoms with E-state index >= 15 is 0 Å². The molecule has 0 unspecified atom stereocenters. The summed E-state index contributed by atoms with van der Waals surface area (Å²) in [6, 6.07) is 5.59. The molecule has 0 saturated carbocycles. The van der Waals surface area contributed by atoms with E-state index in [1.165, 1.54) is 0 Å². The number of hydrogen-bond acceptors (Lipinski definition) is 4.